The average Bonchev–Trinajstić information content (AvgIpc) is 2.91. The number of carbonyl (C=O) groups excluding carboxylic acids is 4. The van der Waals surface area contributed by atoms with Gasteiger partial charge in [0.1, 0.15) is 29.4 Å². The third-order valence-electron chi connectivity index (χ3n) is 8.07. The highest BCUT2D eigenvalue weighted by Gasteiger charge is 2.63. The summed E-state index contributed by atoms with van der Waals surface area (Å²) in [6, 6.07) is 4.91. The number of nitrogens with zero attached hydrogens (tertiary/aromatic N) is 2. The van der Waals surface area contributed by atoms with Gasteiger partial charge in [-0.05, 0) is 62.7 Å². The van der Waals surface area contributed by atoms with Crippen molar-refractivity contribution in [2.75, 3.05) is 26.0 Å². The Kier molecular flexibility index (Phi) is 6.68. The number of benzene rings is 1. The van der Waals surface area contributed by atoms with Crippen molar-refractivity contribution in [3.8, 4) is 17.0 Å². The van der Waals surface area contributed by atoms with Crippen LogP contribution in [0.3, 0.4) is 0 Å². The van der Waals surface area contributed by atoms with E-state index in [0.717, 1.165) is 0 Å². The number of fused-ring (bicyclic) bond motifs is 3. The second kappa shape index (κ2) is 9.80. The molecule has 0 fully saturated rings. The predicted molar refractivity (Wildman–Crippen MR) is 143 cm³/mol. The predicted octanol–water partition coefficient (Wildman–Crippen LogP) is 0.113. The molecule has 0 saturated heterocycles. The molecule has 0 spiro atoms. The van der Waals surface area contributed by atoms with Gasteiger partial charge in [-0.2, -0.15) is 0 Å². The molecule has 0 bridgehead atoms. The number of carbonyl (C=O) groups is 4. The van der Waals surface area contributed by atoms with Crippen LogP contribution in [0, 0.1) is 11.8 Å². The van der Waals surface area contributed by atoms with Crippen LogP contribution in [0.1, 0.15) is 22.3 Å². The minimum absolute atomic E-state index is 0.0413. The fourth-order valence-electron chi connectivity index (χ4n) is 6.32. The summed E-state index contributed by atoms with van der Waals surface area (Å²) >= 11 is 0. The lowest BCUT2D eigenvalue weighted by molar-refractivity contribution is -0.148. The second-order valence-corrected chi connectivity index (χ2v) is 10.6. The van der Waals surface area contributed by atoms with E-state index in [2.05, 4.69) is 10.3 Å². The number of aromatic nitrogens is 1. The number of pyridine rings is 1. The molecule has 1 heterocycles. The van der Waals surface area contributed by atoms with E-state index in [-0.39, 0.29) is 29.7 Å². The number of aromatic hydroxyl groups is 1. The van der Waals surface area contributed by atoms with Crippen LogP contribution in [0.25, 0.3) is 11.3 Å². The van der Waals surface area contributed by atoms with Gasteiger partial charge in [-0.15, -0.1) is 0 Å². The van der Waals surface area contributed by atoms with Gasteiger partial charge in [0.05, 0.1) is 29.2 Å². The van der Waals surface area contributed by atoms with Crippen LogP contribution in [-0.4, -0.2) is 91.1 Å². The molecule has 1 aromatic carbocycles. The summed E-state index contributed by atoms with van der Waals surface area (Å²) in [6.07, 6.45) is 1.43. The van der Waals surface area contributed by atoms with Crippen LogP contribution in [0.5, 0.6) is 5.75 Å². The van der Waals surface area contributed by atoms with Crippen LogP contribution in [-0.2, 0) is 20.8 Å². The molecule has 2 amide bonds. The number of nitrogens with two attached hydrogens (primary N) is 1. The van der Waals surface area contributed by atoms with Crippen molar-refractivity contribution < 1.29 is 44.7 Å². The first-order chi connectivity index (χ1) is 19.3. The number of amides is 2. The smallest absolute Gasteiger partial charge is 0.255 e. The number of nitrogens with one attached hydrogen (secondary N) is 1. The molecule has 0 radical (unpaired) electrons. The van der Waals surface area contributed by atoms with Gasteiger partial charge in [-0.3, -0.25) is 29.1 Å². The van der Waals surface area contributed by atoms with Crippen molar-refractivity contribution in [1.29, 1.82) is 0 Å². The van der Waals surface area contributed by atoms with Gasteiger partial charge >= 0.3 is 0 Å². The summed E-state index contributed by atoms with van der Waals surface area (Å²) in [6.45, 7) is -0.701. The fourth-order valence-corrected chi connectivity index (χ4v) is 6.32. The van der Waals surface area contributed by atoms with Crippen molar-refractivity contribution in [2.24, 2.45) is 17.6 Å². The Morgan fingerprint density at radius 3 is 2.44 bits per heavy atom. The molecule has 8 N–H and O–H groups in total. The Balaban J connectivity index is 1.64. The number of primary amides is 1. The molecule has 3 aliphatic carbocycles. The number of allylic oxidation sites excluding steroid dienone is 1. The standard InChI is InChI=1S/C28H28N4O9/c1-32(2)22-15-8-11-7-14-13(16-5-3-12(9-30-16)31-18(35)10-33)4-6-17(34)20(14)23(36)19(11)25(38)28(15,41)26(39)21(24(22)37)27(29)40/h3-6,9,11,15,22,33-34,37-38,41H,7-8,10H2,1-2H3,(H2,29,40)(H,31,35)/t11-,15-,22-,28-/m0/s1. The van der Waals surface area contributed by atoms with Gasteiger partial charge in [0.2, 0.25) is 11.7 Å². The molecule has 0 unspecified atom stereocenters. The number of likely N-dealkylation sites (N-methyl/N-ethyl adjacent to an activating group) is 1. The summed E-state index contributed by atoms with van der Waals surface area (Å²) in [5, 5.41) is 56.0. The van der Waals surface area contributed by atoms with Gasteiger partial charge in [-0.1, -0.05) is 0 Å². The lowest BCUT2D eigenvalue weighted by atomic mass is 9.58. The normalized spacial score (nSPS) is 25.5. The van der Waals surface area contributed by atoms with E-state index in [4.69, 9.17) is 10.8 Å². The maximum absolute atomic E-state index is 13.8. The van der Waals surface area contributed by atoms with Gasteiger partial charge in [-0.25, -0.2) is 0 Å². The SMILES string of the molecule is CN(C)[C@@H]1C(O)=C(C(N)=O)C(=O)[C@@]2(O)C(O)=C3C(=O)c4c(O)ccc(-c5ccc(NC(=O)CO)cn5)c4C[C@H]3C[C@@H]12. The first-order valence-electron chi connectivity index (χ1n) is 12.7. The van der Waals surface area contributed by atoms with Crippen molar-refractivity contribution in [2.45, 2.75) is 24.5 Å². The van der Waals surface area contributed by atoms with E-state index in [1.165, 1.54) is 17.2 Å². The van der Waals surface area contributed by atoms with Gasteiger partial charge in [0, 0.05) is 17.1 Å². The zero-order valence-corrected chi connectivity index (χ0v) is 22.1. The summed E-state index contributed by atoms with van der Waals surface area (Å²) in [5.41, 5.74) is 3.03. The van der Waals surface area contributed by atoms with E-state index >= 15 is 0 Å². The van der Waals surface area contributed by atoms with E-state index in [0.29, 0.717) is 22.5 Å². The number of aliphatic hydroxyl groups is 4. The van der Waals surface area contributed by atoms with E-state index in [1.807, 2.05) is 0 Å². The summed E-state index contributed by atoms with van der Waals surface area (Å²) in [7, 11) is 3.11. The van der Waals surface area contributed by atoms with E-state index < -0.39 is 70.6 Å². The number of phenols is 1. The molecule has 13 heteroatoms. The second-order valence-electron chi connectivity index (χ2n) is 10.6. The number of Topliss-reactive ketones (excluding diaryl/α,β-unsaturated/α-hetero) is 2. The van der Waals surface area contributed by atoms with Crippen LogP contribution in [0.2, 0.25) is 0 Å². The Morgan fingerprint density at radius 2 is 1.85 bits per heavy atom. The number of rotatable bonds is 5. The molecular formula is C28H28N4O9. The molecule has 5 rings (SSSR count). The van der Waals surface area contributed by atoms with Crippen LogP contribution < -0.4 is 11.1 Å². The summed E-state index contributed by atoms with van der Waals surface area (Å²) in [4.78, 5) is 56.6. The minimum Gasteiger partial charge on any atom is -0.510 e. The molecule has 4 atom stereocenters. The molecule has 13 nitrogen and oxygen atoms in total. The number of anilines is 1. The van der Waals surface area contributed by atoms with Crippen molar-refractivity contribution >= 4 is 29.1 Å². The highest BCUT2D eigenvalue weighted by Crippen LogP contribution is 2.53. The highest BCUT2D eigenvalue weighted by atomic mass is 16.3. The number of hydrogen-bond donors (Lipinski definition) is 7. The Hall–Kier alpha value is -4.59. The quantitative estimate of drug-likeness (QED) is 0.241. The molecule has 0 saturated carbocycles. The number of phenolic OH excluding ortho intramolecular Hbond substituents is 1. The van der Waals surface area contributed by atoms with Crippen molar-refractivity contribution in [3.63, 3.8) is 0 Å². The molecule has 1 aromatic heterocycles. The maximum atomic E-state index is 13.8. The van der Waals surface area contributed by atoms with Crippen LogP contribution in [0.4, 0.5) is 5.69 Å². The third-order valence-corrected chi connectivity index (χ3v) is 8.07. The Morgan fingerprint density at radius 1 is 1.15 bits per heavy atom. The van der Waals surface area contributed by atoms with Gasteiger partial charge < -0.3 is 36.6 Å². The zero-order chi connectivity index (χ0) is 30.0. The number of ketones is 2. The van der Waals surface area contributed by atoms with Crippen molar-refractivity contribution in [3.05, 3.63) is 64.3 Å². The largest absolute Gasteiger partial charge is 0.510 e. The van der Waals surface area contributed by atoms with Gasteiger partial charge in [0.25, 0.3) is 5.91 Å². The fraction of sp³-hybridized carbons (Fsp3) is 0.321. The lowest BCUT2D eigenvalue weighted by Gasteiger charge is -2.50. The number of hydrogen-bond acceptors (Lipinski definition) is 11. The van der Waals surface area contributed by atoms with E-state index in [9.17, 15) is 39.6 Å². The topological polar surface area (TPSA) is 224 Å². The Bertz CT molecular complexity index is 1580. The maximum Gasteiger partial charge on any atom is 0.255 e. The van der Waals surface area contributed by atoms with Crippen molar-refractivity contribution in [1.82, 2.24) is 9.88 Å². The molecule has 3 aliphatic rings. The van der Waals surface area contributed by atoms with Crippen LogP contribution in [0.15, 0.2) is 53.1 Å². The average molecular weight is 565 g/mol. The first-order valence-corrected chi connectivity index (χ1v) is 12.7. The van der Waals surface area contributed by atoms with E-state index in [1.54, 1.807) is 32.3 Å². The zero-order valence-electron chi connectivity index (χ0n) is 22.1. The first kappa shape index (κ1) is 28.0. The molecule has 214 valence electrons. The molecule has 0 aliphatic heterocycles. The molecule has 41 heavy (non-hydrogen) atoms. The van der Waals surface area contributed by atoms with Crippen LogP contribution >= 0.6 is 0 Å². The summed E-state index contributed by atoms with van der Waals surface area (Å²) < 4.78 is 0. The summed E-state index contributed by atoms with van der Waals surface area (Å²) in [5.74, 6) is -7.85. The Labute approximate surface area is 233 Å². The minimum atomic E-state index is -2.71. The number of aliphatic hydroxyl groups excluding tert-OH is 3. The monoisotopic (exact) mass is 564 g/mol. The van der Waals surface area contributed by atoms with Gasteiger partial charge in [0.15, 0.2) is 11.4 Å². The lowest BCUT2D eigenvalue weighted by Crippen LogP contribution is -2.63. The molecular weight excluding hydrogens is 536 g/mol. The highest BCUT2D eigenvalue weighted by molar-refractivity contribution is 6.24. The third kappa shape index (κ3) is 4.08. The molecule has 2 aromatic rings.